The van der Waals surface area contributed by atoms with Crippen molar-refractivity contribution in [1.82, 2.24) is 4.57 Å². The van der Waals surface area contributed by atoms with Crippen molar-refractivity contribution in [3.8, 4) is 27.9 Å². The van der Waals surface area contributed by atoms with Crippen molar-refractivity contribution in [3.63, 3.8) is 0 Å². The molecule has 0 saturated heterocycles. The Labute approximate surface area is 368 Å². The Balaban J connectivity index is 0.894. The van der Waals surface area contributed by atoms with Crippen LogP contribution in [0.3, 0.4) is 0 Å². The van der Waals surface area contributed by atoms with Crippen LogP contribution in [0.2, 0.25) is 0 Å². The van der Waals surface area contributed by atoms with Crippen molar-refractivity contribution < 1.29 is 0 Å². The van der Waals surface area contributed by atoms with Gasteiger partial charge in [-0.1, -0.05) is 188 Å². The van der Waals surface area contributed by atoms with E-state index in [9.17, 15) is 0 Å². The van der Waals surface area contributed by atoms with E-state index in [4.69, 9.17) is 0 Å². The molecule has 0 bridgehead atoms. The summed E-state index contributed by atoms with van der Waals surface area (Å²) in [7, 11) is 0. The zero-order valence-electron chi connectivity index (χ0n) is 34.7. The SMILES string of the molecule is C1=CC(c2ccc(N(c3ccc(-c4ccccc4)cc3)c3ccc(-c4ccccc4)cc3)cc2)CC2=C1C1(c3ccccc32)c2ccccc2-n2c3ccccc3c3cccc1c32. The van der Waals surface area contributed by atoms with E-state index < -0.39 is 5.41 Å². The molecular formula is C61H42N2. The van der Waals surface area contributed by atoms with Crippen LogP contribution in [0, 0.1) is 0 Å². The van der Waals surface area contributed by atoms with E-state index in [2.05, 4.69) is 246 Å². The van der Waals surface area contributed by atoms with Gasteiger partial charge in [-0.2, -0.15) is 0 Å². The van der Waals surface area contributed by atoms with Crippen molar-refractivity contribution in [3.05, 3.63) is 270 Å². The lowest BCUT2D eigenvalue weighted by Crippen LogP contribution is -2.34. The molecule has 2 heteroatoms. The van der Waals surface area contributed by atoms with E-state index >= 15 is 0 Å². The maximum Gasteiger partial charge on any atom is 0.0751 e. The molecule has 0 radical (unpaired) electrons. The van der Waals surface area contributed by atoms with Crippen molar-refractivity contribution in [2.24, 2.45) is 0 Å². The summed E-state index contributed by atoms with van der Waals surface area (Å²) in [5.74, 6) is 0.242. The van der Waals surface area contributed by atoms with Crippen LogP contribution in [-0.2, 0) is 5.41 Å². The quantitative estimate of drug-likeness (QED) is 0.163. The molecular weight excluding hydrogens is 761 g/mol. The van der Waals surface area contributed by atoms with E-state index in [1.54, 1.807) is 0 Å². The number of hydrogen-bond donors (Lipinski definition) is 0. The highest BCUT2D eigenvalue weighted by molar-refractivity contribution is 6.13. The number of rotatable bonds is 6. The summed E-state index contributed by atoms with van der Waals surface area (Å²) in [6.07, 6.45) is 5.91. The van der Waals surface area contributed by atoms with Gasteiger partial charge in [0.2, 0.25) is 0 Å². The van der Waals surface area contributed by atoms with Crippen LogP contribution in [0.1, 0.15) is 40.2 Å². The zero-order valence-corrected chi connectivity index (χ0v) is 34.7. The third-order valence-corrected chi connectivity index (χ3v) is 14.0. The van der Waals surface area contributed by atoms with E-state index in [1.165, 1.54) is 88.7 Å². The van der Waals surface area contributed by atoms with Gasteiger partial charge in [0.25, 0.3) is 0 Å². The maximum absolute atomic E-state index is 2.53. The summed E-state index contributed by atoms with van der Waals surface area (Å²) in [4.78, 5) is 2.38. The summed E-state index contributed by atoms with van der Waals surface area (Å²) in [5, 5.41) is 2.62. The average Bonchev–Trinajstić information content (AvgIpc) is 3.86. The summed E-state index contributed by atoms with van der Waals surface area (Å²) in [6.45, 7) is 0. The number of hydrogen-bond acceptors (Lipinski definition) is 1. The summed E-state index contributed by atoms with van der Waals surface area (Å²) < 4.78 is 2.53. The van der Waals surface area contributed by atoms with Gasteiger partial charge in [0, 0.05) is 33.8 Å². The molecule has 3 aliphatic rings. The molecule has 0 fully saturated rings. The number of aromatic nitrogens is 1. The lowest BCUT2D eigenvalue weighted by molar-refractivity contribution is 0.733. The van der Waals surface area contributed by atoms with Crippen LogP contribution in [-0.4, -0.2) is 4.57 Å². The highest BCUT2D eigenvalue weighted by Crippen LogP contribution is 2.62. The number of fused-ring (bicyclic) bond motifs is 11. The van der Waals surface area contributed by atoms with E-state index in [1.807, 2.05) is 0 Å². The van der Waals surface area contributed by atoms with Crippen LogP contribution in [0.15, 0.2) is 242 Å². The van der Waals surface area contributed by atoms with Gasteiger partial charge in [-0.05, 0) is 116 Å². The maximum atomic E-state index is 2.53. The summed E-state index contributed by atoms with van der Waals surface area (Å²) in [6, 6.07) is 82.7. The number of para-hydroxylation sites is 3. The largest absolute Gasteiger partial charge is 0.311 e. The minimum Gasteiger partial charge on any atom is -0.311 e. The average molecular weight is 803 g/mol. The highest BCUT2D eigenvalue weighted by atomic mass is 15.1. The molecule has 2 unspecified atom stereocenters. The van der Waals surface area contributed by atoms with E-state index in [0.29, 0.717) is 0 Å². The van der Waals surface area contributed by atoms with Gasteiger partial charge in [0.05, 0.1) is 22.1 Å². The molecule has 1 aromatic heterocycles. The van der Waals surface area contributed by atoms with Gasteiger partial charge in [0.1, 0.15) is 0 Å². The lowest BCUT2D eigenvalue weighted by Gasteiger charge is -2.40. The highest BCUT2D eigenvalue weighted by Gasteiger charge is 2.52. The molecule has 0 N–H and O–H groups in total. The molecule has 9 aromatic carbocycles. The molecule has 2 atom stereocenters. The predicted molar refractivity (Wildman–Crippen MR) is 263 cm³/mol. The van der Waals surface area contributed by atoms with Gasteiger partial charge in [-0.15, -0.1) is 0 Å². The van der Waals surface area contributed by atoms with Crippen LogP contribution < -0.4 is 4.90 Å². The minimum absolute atomic E-state index is 0.242. The molecule has 0 amide bonds. The van der Waals surface area contributed by atoms with Crippen LogP contribution in [0.25, 0.3) is 55.3 Å². The zero-order chi connectivity index (χ0) is 41.5. The van der Waals surface area contributed by atoms with E-state index in [-0.39, 0.29) is 5.92 Å². The normalized spacial score (nSPS) is 16.9. The van der Waals surface area contributed by atoms with Gasteiger partial charge >= 0.3 is 0 Å². The molecule has 296 valence electrons. The third-order valence-electron chi connectivity index (χ3n) is 14.0. The first-order chi connectivity index (χ1) is 31.3. The second kappa shape index (κ2) is 14.1. The fourth-order valence-corrected chi connectivity index (χ4v) is 11.2. The number of benzene rings is 9. The molecule has 13 rings (SSSR count). The van der Waals surface area contributed by atoms with Crippen molar-refractivity contribution in [2.45, 2.75) is 17.8 Å². The number of allylic oxidation sites excluding steroid dienone is 4. The first-order valence-electron chi connectivity index (χ1n) is 22.1. The van der Waals surface area contributed by atoms with Crippen LogP contribution in [0.5, 0.6) is 0 Å². The first-order valence-corrected chi connectivity index (χ1v) is 22.1. The van der Waals surface area contributed by atoms with Crippen LogP contribution in [0.4, 0.5) is 17.1 Å². The monoisotopic (exact) mass is 802 g/mol. The number of nitrogens with zero attached hydrogens (tertiary/aromatic N) is 2. The molecule has 1 aliphatic heterocycles. The Morgan fingerprint density at radius 2 is 0.952 bits per heavy atom. The van der Waals surface area contributed by atoms with Crippen LogP contribution >= 0.6 is 0 Å². The second-order valence-electron chi connectivity index (χ2n) is 17.2. The standard InChI is InChI=1S/C61H42N2/c1-3-14-41(15-4-1)43-26-33-47(34-27-43)62(48-35-28-44(29-36-48)42-16-5-2-6-17-42)49-37-30-45(31-38-49)46-32-39-55-53(40-46)50-18-7-9-21-54(50)61(55)56-22-10-12-25-59(56)63-58-24-11-8-19-51(58)52-20-13-23-57(61)60(52)63/h1-39,46H,40H2. The molecule has 1 spiro atoms. The summed E-state index contributed by atoms with van der Waals surface area (Å²) >= 11 is 0. The number of anilines is 3. The van der Waals surface area contributed by atoms with Gasteiger partial charge in [-0.25, -0.2) is 0 Å². The molecule has 2 aliphatic carbocycles. The molecule has 2 heterocycles. The van der Waals surface area contributed by atoms with Gasteiger partial charge in [0.15, 0.2) is 0 Å². The van der Waals surface area contributed by atoms with E-state index in [0.717, 1.165) is 23.5 Å². The Hall–Kier alpha value is -7.94. The first kappa shape index (κ1) is 35.8. The third kappa shape index (κ3) is 5.31. The Morgan fingerprint density at radius 3 is 1.63 bits per heavy atom. The molecule has 63 heavy (non-hydrogen) atoms. The Kier molecular flexibility index (Phi) is 7.98. The molecule has 10 aromatic rings. The Morgan fingerprint density at radius 1 is 0.429 bits per heavy atom. The minimum atomic E-state index is -0.412. The summed E-state index contributed by atoms with van der Waals surface area (Å²) in [5.41, 5.74) is 21.3. The smallest absolute Gasteiger partial charge is 0.0751 e. The predicted octanol–water partition coefficient (Wildman–Crippen LogP) is 15.7. The fourth-order valence-electron chi connectivity index (χ4n) is 11.2. The van der Waals surface area contributed by atoms with Gasteiger partial charge in [-0.3, -0.25) is 0 Å². The van der Waals surface area contributed by atoms with Crippen molar-refractivity contribution in [1.29, 1.82) is 0 Å². The second-order valence-corrected chi connectivity index (χ2v) is 17.2. The Bertz CT molecular complexity index is 3360. The topological polar surface area (TPSA) is 8.17 Å². The lowest BCUT2D eigenvalue weighted by atomic mass is 9.64. The molecule has 0 saturated carbocycles. The van der Waals surface area contributed by atoms with Crippen molar-refractivity contribution >= 4 is 44.4 Å². The van der Waals surface area contributed by atoms with Crippen molar-refractivity contribution in [2.75, 3.05) is 4.90 Å². The molecule has 2 nitrogen and oxygen atoms in total. The fraction of sp³-hybridized carbons (Fsp3) is 0.0492. The van der Waals surface area contributed by atoms with Gasteiger partial charge < -0.3 is 9.47 Å².